The van der Waals surface area contributed by atoms with Gasteiger partial charge in [0.25, 0.3) is 0 Å². The lowest BCUT2D eigenvalue weighted by atomic mass is 10.0. The summed E-state index contributed by atoms with van der Waals surface area (Å²) in [6, 6.07) is -0.539. The molecule has 0 aromatic carbocycles. The summed E-state index contributed by atoms with van der Waals surface area (Å²) in [4.78, 5) is 24.5. The topological polar surface area (TPSA) is 95.9 Å². The molecule has 71 heavy (non-hydrogen) atoms. The molecule has 0 spiro atoms. The van der Waals surface area contributed by atoms with Gasteiger partial charge in [0.15, 0.2) is 0 Å². The van der Waals surface area contributed by atoms with Gasteiger partial charge < -0.3 is 20.3 Å². The van der Waals surface area contributed by atoms with Crippen LogP contribution in [-0.4, -0.2) is 47.4 Å². The number of carbonyl (C=O) groups excluding carboxylic acids is 2. The number of amides is 1. The van der Waals surface area contributed by atoms with Gasteiger partial charge in [-0.05, 0) is 51.4 Å². The van der Waals surface area contributed by atoms with Gasteiger partial charge in [-0.15, -0.1) is 0 Å². The highest BCUT2D eigenvalue weighted by Gasteiger charge is 2.20. The molecule has 0 aliphatic rings. The van der Waals surface area contributed by atoms with Gasteiger partial charge in [0.1, 0.15) is 0 Å². The summed E-state index contributed by atoms with van der Waals surface area (Å²) in [5, 5.41) is 23.3. The minimum atomic E-state index is -0.662. The number of allylic oxidation sites excluding steroid dienone is 2. The van der Waals surface area contributed by atoms with Crippen LogP contribution in [0.5, 0.6) is 0 Å². The predicted octanol–water partition coefficient (Wildman–Crippen LogP) is 20.4. The fraction of sp³-hybridized carbons (Fsp3) is 0.938. The Hall–Kier alpha value is -1.40. The summed E-state index contributed by atoms with van der Waals surface area (Å²) in [6.07, 6.45) is 73.8. The van der Waals surface area contributed by atoms with E-state index in [4.69, 9.17) is 4.74 Å². The number of aliphatic hydroxyl groups excluding tert-OH is 2. The van der Waals surface area contributed by atoms with Crippen molar-refractivity contribution in [2.24, 2.45) is 0 Å². The Labute approximate surface area is 444 Å². The zero-order chi connectivity index (χ0) is 51.4. The molecule has 0 fully saturated rings. The van der Waals surface area contributed by atoms with Crippen LogP contribution in [0.2, 0.25) is 0 Å². The highest BCUT2D eigenvalue weighted by atomic mass is 16.5. The number of esters is 1. The predicted molar refractivity (Wildman–Crippen MR) is 310 cm³/mol. The first kappa shape index (κ1) is 69.6. The van der Waals surface area contributed by atoms with Crippen LogP contribution in [-0.2, 0) is 14.3 Å². The van der Waals surface area contributed by atoms with E-state index in [2.05, 4.69) is 31.3 Å². The van der Waals surface area contributed by atoms with E-state index in [1.807, 2.05) is 0 Å². The maximum Gasteiger partial charge on any atom is 0.305 e. The van der Waals surface area contributed by atoms with Crippen LogP contribution in [0, 0.1) is 0 Å². The quantitative estimate of drug-likeness (QED) is 0.0320. The summed E-state index contributed by atoms with van der Waals surface area (Å²) >= 11 is 0. The largest absolute Gasteiger partial charge is 0.466 e. The lowest BCUT2D eigenvalue weighted by Gasteiger charge is -2.22. The second-order valence-electron chi connectivity index (χ2n) is 22.5. The Morgan fingerprint density at radius 3 is 1.00 bits per heavy atom. The van der Waals surface area contributed by atoms with E-state index in [-0.39, 0.29) is 18.5 Å². The van der Waals surface area contributed by atoms with Crippen molar-refractivity contribution in [2.45, 2.75) is 379 Å². The molecule has 0 saturated heterocycles. The number of nitrogens with one attached hydrogen (secondary N) is 1. The second-order valence-corrected chi connectivity index (χ2v) is 22.5. The van der Waals surface area contributed by atoms with Crippen LogP contribution in [0.15, 0.2) is 12.2 Å². The van der Waals surface area contributed by atoms with E-state index in [1.165, 1.54) is 289 Å². The number of unbranched alkanes of at least 4 members (excludes halogenated alkanes) is 48. The van der Waals surface area contributed by atoms with Crippen molar-refractivity contribution in [1.82, 2.24) is 5.32 Å². The van der Waals surface area contributed by atoms with Crippen LogP contribution < -0.4 is 5.32 Å². The Morgan fingerprint density at radius 2 is 0.662 bits per heavy atom. The van der Waals surface area contributed by atoms with Gasteiger partial charge in [0, 0.05) is 12.8 Å². The monoisotopic (exact) mass is 1000 g/mol. The van der Waals surface area contributed by atoms with E-state index in [1.54, 1.807) is 0 Å². The third-order valence-corrected chi connectivity index (χ3v) is 15.3. The van der Waals surface area contributed by atoms with Crippen LogP contribution >= 0.6 is 0 Å². The summed E-state index contributed by atoms with van der Waals surface area (Å²) in [5.74, 6) is -0.0217. The number of rotatable bonds is 61. The molecule has 6 nitrogen and oxygen atoms in total. The van der Waals surface area contributed by atoms with Crippen LogP contribution in [0.4, 0.5) is 0 Å². The molecule has 6 heteroatoms. The standard InChI is InChI=1S/C65H127NO5/c1-3-5-7-9-11-13-15-17-30-35-39-43-47-51-55-59-65(70)71-60-56-52-48-44-40-36-32-29-27-25-23-21-19-20-22-24-26-28-31-34-38-42-46-50-54-58-64(69)66-62(61-67)63(68)57-53-49-45-41-37-33-18-16-14-12-10-8-6-4-2/h17,30,62-63,67-68H,3-16,18-29,31-61H2,1-2H3,(H,66,69)/b30-17-. The lowest BCUT2D eigenvalue weighted by Crippen LogP contribution is -2.45. The van der Waals surface area contributed by atoms with Crippen molar-refractivity contribution < 1.29 is 24.5 Å². The molecule has 1 amide bonds. The number of ether oxygens (including phenoxy) is 1. The first-order valence-corrected chi connectivity index (χ1v) is 32.4. The molecule has 0 aromatic rings. The average molecular weight is 1000 g/mol. The Balaban J connectivity index is 3.34. The molecule has 0 rings (SSSR count). The minimum absolute atomic E-state index is 0.00921. The molecular weight excluding hydrogens is 875 g/mol. The van der Waals surface area contributed by atoms with Crippen molar-refractivity contribution in [2.75, 3.05) is 13.2 Å². The van der Waals surface area contributed by atoms with E-state index >= 15 is 0 Å². The van der Waals surface area contributed by atoms with Crippen molar-refractivity contribution >= 4 is 11.9 Å². The molecule has 0 bridgehead atoms. The zero-order valence-corrected chi connectivity index (χ0v) is 48.2. The highest BCUT2D eigenvalue weighted by Crippen LogP contribution is 2.18. The maximum absolute atomic E-state index is 12.5. The van der Waals surface area contributed by atoms with Gasteiger partial charge in [0.2, 0.25) is 5.91 Å². The van der Waals surface area contributed by atoms with Gasteiger partial charge in [-0.2, -0.15) is 0 Å². The van der Waals surface area contributed by atoms with Gasteiger partial charge >= 0.3 is 5.97 Å². The number of hydrogen-bond donors (Lipinski definition) is 3. The fourth-order valence-electron chi connectivity index (χ4n) is 10.3. The summed E-state index contributed by atoms with van der Waals surface area (Å²) in [6.45, 7) is 4.97. The Kier molecular flexibility index (Phi) is 59.9. The molecule has 0 saturated carbocycles. The molecular formula is C65H127NO5. The highest BCUT2D eigenvalue weighted by molar-refractivity contribution is 5.76. The number of hydrogen-bond acceptors (Lipinski definition) is 5. The molecule has 0 aliphatic carbocycles. The normalized spacial score (nSPS) is 12.6. The van der Waals surface area contributed by atoms with Gasteiger partial charge in [-0.25, -0.2) is 0 Å². The van der Waals surface area contributed by atoms with Crippen molar-refractivity contribution in [3.8, 4) is 0 Å². The van der Waals surface area contributed by atoms with E-state index in [9.17, 15) is 19.8 Å². The zero-order valence-electron chi connectivity index (χ0n) is 48.2. The summed E-state index contributed by atoms with van der Waals surface area (Å²) < 4.78 is 5.49. The first-order chi connectivity index (χ1) is 35.0. The number of carbonyl (C=O) groups is 2. The SMILES string of the molecule is CCCCCCCC/C=C\CCCCCCCC(=O)OCCCCCCCCCCCCCCCCCCCCCCCCCCCC(=O)NC(CO)C(O)CCCCCCCCCCCCCCCC. The Morgan fingerprint density at radius 1 is 0.380 bits per heavy atom. The summed E-state index contributed by atoms with van der Waals surface area (Å²) in [7, 11) is 0. The van der Waals surface area contributed by atoms with Crippen molar-refractivity contribution in [3.05, 3.63) is 12.2 Å². The molecule has 3 N–H and O–H groups in total. The lowest BCUT2D eigenvalue weighted by molar-refractivity contribution is -0.143. The van der Waals surface area contributed by atoms with Crippen molar-refractivity contribution in [3.63, 3.8) is 0 Å². The van der Waals surface area contributed by atoms with Crippen molar-refractivity contribution in [1.29, 1.82) is 0 Å². The van der Waals surface area contributed by atoms with Crippen LogP contribution in [0.1, 0.15) is 367 Å². The molecule has 2 unspecified atom stereocenters. The Bertz CT molecular complexity index is 1060. The van der Waals surface area contributed by atoms with Crippen LogP contribution in [0.25, 0.3) is 0 Å². The average Bonchev–Trinajstić information content (AvgIpc) is 3.37. The molecule has 0 heterocycles. The van der Waals surface area contributed by atoms with Crippen LogP contribution in [0.3, 0.4) is 0 Å². The molecule has 2 atom stereocenters. The molecule has 0 radical (unpaired) electrons. The van der Waals surface area contributed by atoms with Gasteiger partial charge in [-0.3, -0.25) is 9.59 Å². The molecule has 0 aliphatic heterocycles. The molecule has 0 aromatic heterocycles. The maximum atomic E-state index is 12.5. The minimum Gasteiger partial charge on any atom is -0.466 e. The third-order valence-electron chi connectivity index (χ3n) is 15.3. The fourth-order valence-corrected chi connectivity index (χ4v) is 10.3. The second kappa shape index (κ2) is 61.1. The van der Waals surface area contributed by atoms with E-state index < -0.39 is 12.1 Å². The molecule has 422 valence electrons. The van der Waals surface area contributed by atoms with Gasteiger partial charge in [0.05, 0.1) is 25.4 Å². The van der Waals surface area contributed by atoms with E-state index in [0.29, 0.717) is 25.9 Å². The summed E-state index contributed by atoms with van der Waals surface area (Å²) in [5.41, 5.74) is 0. The third kappa shape index (κ3) is 57.7. The smallest absolute Gasteiger partial charge is 0.305 e. The first-order valence-electron chi connectivity index (χ1n) is 32.4. The van der Waals surface area contributed by atoms with Gasteiger partial charge in [-0.1, -0.05) is 315 Å². The number of aliphatic hydroxyl groups is 2. The van der Waals surface area contributed by atoms with E-state index in [0.717, 1.165) is 44.9 Å².